The van der Waals surface area contributed by atoms with Gasteiger partial charge in [0.15, 0.2) is 0 Å². The van der Waals surface area contributed by atoms with Gasteiger partial charge in [0.05, 0.1) is 11.2 Å². The predicted molar refractivity (Wildman–Crippen MR) is 73.8 cm³/mol. The Morgan fingerprint density at radius 3 is 2.78 bits per heavy atom. The van der Waals surface area contributed by atoms with Crippen LogP contribution in [0.25, 0.3) is 10.9 Å². The monoisotopic (exact) mass is 262 g/mol. The van der Waals surface area contributed by atoms with E-state index in [2.05, 4.69) is 15.3 Å². The SMILES string of the molecule is Nc1nc(C2CCNCC2)c2cc(Cl)ccc2n1. The van der Waals surface area contributed by atoms with Crippen LogP contribution in [-0.4, -0.2) is 23.1 Å². The van der Waals surface area contributed by atoms with Gasteiger partial charge in [0.2, 0.25) is 5.95 Å². The van der Waals surface area contributed by atoms with Gasteiger partial charge in [-0.25, -0.2) is 9.97 Å². The van der Waals surface area contributed by atoms with E-state index in [-0.39, 0.29) is 0 Å². The normalized spacial score (nSPS) is 17.2. The Kier molecular flexibility index (Phi) is 3.06. The molecule has 3 rings (SSSR count). The first-order valence-electron chi connectivity index (χ1n) is 6.17. The summed E-state index contributed by atoms with van der Waals surface area (Å²) in [5, 5.41) is 5.10. The number of hydrogen-bond donors (Lipinski definition) is 2. The summed E-state index contributed by atoms with van der Waals surface area (Å²) < 4.78 is 0. The quantitative estimate of drug-likeness (QED) is 0.828. The lowest BCUT2D eigenvalue weighted by Gasteiger charge is -2.23. The van der Waals surface area contributed by atoms with E-state index in [0.717, 1.165) is 42.5 Å². The molecule has 0 spiro atoms. The number of nitrogens with zero attached hydrogens (tertiary/aromatic N) is 2. The molecule has 4 nitrogen and oxygen atoms in total. The number of hydrogen-bond acceptors (Lipinski definition) is 4. The van der Waals surface area contributed by atoms with Gasteiger partial charge in [0.1, 0.15) is 0 Å². The van der Waals surface area contributed by atoms with Crippen molar-refractivity contribution in [1.29, 1.82) is 0 Å². The van der Waals surface area contributed by atoms with Crippen LogP contribution in [0.15, 0.2) is 18.2 Å². The fraction of sp³-hybridized carbons (Fsp3) is 0.385. The zero-order chi connectivity index (χ0) is 12.5. The summed E-state index contributed by atoms with van der Waals surface area (Å²) in [4.78, 5) is 8.71. The number of nitrogens with two attached hydrogens (primary N) is 1. The van der Waals surface area contributed by atoms with Crippen molar-refractivity contribution in [2.75, 3.05) is 18.8 Å². The highest BCUT2D eigenvalue weighted by Crippen LogP contribution is 2.31. The van der Waals surface area contributed by atoms with Gasteiger partial charge in [-0.05, 0) is 44.1 Å². The molecule has 0 saturated carbocycles. The van der Waals surface area contributed by atoms with E-state index in [1.54, 1.807) is 0 Å². The van der Waals surface area contributed by atoms with Gasteiger partial charge in [-0.2, -0.15) is 0 Å². The molecule has 1 aliphatic heterocycles. The van der Waals surface area contributed by atoms with Crippen molar-refractivity contribution >= 4 is 28.5 Å². The minimum atomic E-state index is 0.346. The first kappa shape index (κ1) is 11.7. The third kappa shape index (κ3) is 2.13. The standard InChI is InChI=1S/C13H15ClN4/c14-9-1-2-11-10(7-9)12(18-13(15)17-11)8-3-5-16-6-4-8/h1-2,7-8,16H,3-6H2,(H2,15,17,18). The maximum absolute atomic E-state index is 6.07. The van der Waals surface area contributed by atoms with E-state index in [9.17, 15) is 0 Å². The van der Waals surface area contributed by atoms with Crippen molar-refractivity contribution in [3.05, 3.63) is 28.9 Å². The summed E-state index contributed by atoms with van der Waals surface area (Å²) in [7, 11) is 0. The number of halogens is 1. The van der Waals surface area contributed by atoms with Crippen LogP contribution in [0.1, 0.15) is 24.5 Å². The second-order valence-electron chi connectivity index (χ2n) is 4.65. The minimum Gasteiger partial charge on any atom is -0.368 e. The van der Waals surface area contributed by atoms with Crippen LogP contribution in [0.4, 0.5) is 5.95 Å². The van der Waals surface area contributed by atoms with Crippen LogP contribution in [0.3, 0.4) is 0 Å². The van der Waals surface area contributed by atoms with Crippen LogP contribution < -0.4 is 11.1 Å². The van der Waals surface area contributed by atoms with E-state index in [1.807, 2.05) is 18.2 Å². The predicted octanol–water partition coefficient (Wildman–Crippen LogP) is 2.33. The van der Waals surface area contributed by atoms with Gasteiger partial charge in [-0.3, -0.25) is 0 Å². The summed E-state index contributed by atoms with van der Waals surface area (Å²) in [6, 6.07) is 5.68. The molecular weight excluding hydrogens is 248 g/mol. The van der Waals surface area contributed by atoms with E-state index < -0.39 is 0 Å². The third-order valence-electron chi connectivity index (χ3n) is 3.43. The van der Waals surface area contributed by atoms with E-state index in [0.29, 0.717) is 16.9 Å². The molecule has 1 aliphatic rings. The first-order valence-corrected chi connectivity index (χ1v) is 6.55. The molecule has 2 aromatic rings. The number of nitrogen functional groups attached to an aromatic ring is 1. The van der Waals surface area contributed by atoms with Gasteiger partial charge >= 0.3 is 0 Å². The van der Waals surface area contributed by atoms with Crippen LogP contribution in [0.5, 0.6) is 0 Å². The molecule has 3 N–H and O–H groups in total. The smallest absolute Gasteiger partial charge is 0.220 e. The maximum atomic E-state index is 6.07. The minimum absolute atomic E-state index is 0.346. The summed E-state index contributed by atoms with van der Waals surface area (Å²) in [6.45, 7) is 2.05. The molecule has 1 aromatic carbocycles. The zero-order valence-electron chi connectivity index (χ0n) is 9.99. The molecular formula is C13H15ClN4. The number of fused-ring (bicyclic) bond motifs is 1. The van der Waals surface area contributed by atoms with Gasteiger partial charge in [-0.1, -0.05) is 11.6 Å². The van der Waals surface area contributed by atoms with Crippen molar-refractivity contribution in [3.63, 3.8) is 0 Å². The molecule has 1 fully saturated rings. The molecule has 18 heavy (non-hydrogen) atoms. The lowest BCUT2D eigenvalue weighted by Crippen LogP contribution is -2.27. The molecule has 5 heteroatoms. The number of anilines is 1. The van der Waals surface area contributed by atoms with Crippen molar-refractivity contribution in [1.82, 2.24) is 15.3 Å². The average molecular weight is 263 g/mol. The lowest BCUT2D eigenvalue weighted by atomic mass is 9.92. The topological polar surface area (TPSA) is 63.8 Å². The molecule has 0 atom stereocenters. The number of rotatable bonds is 1. The van der Waals surface area contributed by atoms with Crippen molar-refractivity contribution in [2.24, 2.45) is 0 Å². The van der Waals surface area contributed by atoms with Crippen molar-refractivity contribution < 1.29 is 0 Å². The summed E-state index contributed by atoms with van der Waals surface area (Å²) >= 11 is 6.07. The second-order valence-corrected chi connectivity index (χ2v) is 5.09. The Hall–Kier alpha value is -1.39. The van der Waals surface area contributed by atoms with Gasteiger partial charge in [-0.15, -0.1) is 0 Å². The number of piperidine rings is 1. The highest BCUT2D eigenvalue weighted by atomic mass is 35.5. The van der Waals surface area contributed by atoms with Crippen LogP contribution in [0.2, 0.25) is 5.02 Å². The Bertz CT molecular complexity index is 578. The second kappa shape index (κ2) is 4.71. The highest BCUT2D eigenvalue weighted by Gasteiger charge is 2.20. The Morgan fingerprint density at radius 2 is 2.00 bits per heavy atom. The molecule has 1 aromatic heterocycles. The lowest BCUT2D eigenvalue weighted by molar-refractivity contribution is 0.455. The highest BCUT2D eigenvalue weighted by molar-refractivity contribution is 6.31. The largest absolute Gasteiger partial charge is 0.368 e. The van der Waals surface area contributed by atoms with E-state index >= 15 is 0 Å². The maximum Gasteiger partial charge on any atom is 0.220 e. The Balaban J connectivity index is 2.16. The molecule has 1 saturated heterocycles. The van der Waals surface area contributed by atoms with Crippen LogP contribution in [0, 0.1) is 0 Å². The fourth-order valence-electron chi connectivity index (χ4n) is 2.55. The zero-order valence-corrected chi connectivity index (χ0v) is 10.7. The fourth-order valence-corrected chi connectivity index (χ4v) is 2.72. The van der Waals surface area contributed by atoms with Gasteiger partial charge in [0, 0.05) is 16.3 Å². The molecule has 0 amide bonds. The third-order valence-corrected chi connectivity index (χ3v) is 3.67. The Morgan fingerprint density at radius 1 is 1.22 bits per heavy atom. The first-order chi connectivity index (χ1) is 8.74. The number of aromatic nitrogens is 2. The molecule has 0 unspecified atom stereocenters. The van der Waals surface area contributed by atoms with Crippen molar-refractivity contribution in [2.45, 2.75) is 18.8 Å². The summed E-state index contributed by atoms with van der Waals surface area (Å²) in [5.41, 5.74) is 7.72. The van der Waals surface area contributed by atoms with Crippen LogP contribution in [-0.2, 0) is 0 Å². The molecule has 2 heterocycles. The summed E-state index contributed by atoms with van der Waals surface area (Å²) in [6.07, 6.45) is 2.16. The Labute approximate surface area is 111 Å². The summed E-state index contributed by atoms with van der Waals surface area (Å²) in [5.74, 6) is 0.788. The molecule has 0 radical (unpaired) electrons. The van der Waals surface area contributed by atoms with E-state index in [1.165, 1.54) is 0 Å². The molecule has 94 valence electrons. The van der Waals surface area contributed by atoms with Gasteiger partial charge in [0.25, 0.3) is 0 Å². The number of benzene rings is 1. The van der Waals surface area contributed by atoms with Crippen molar-refractivity contribution in [3.8, 4) is 0 Å². The molecule has 0 aliphatic carbocycles. The number of nitrogens with one attached hydrogen (secondary N) is 1. The average Bonchev–Trinajstić information content (AvgIpc) is 2.39. The van der Waals surface area contributed by atoms with E-state index in [4.69, 9.17) is 17.3 Å². The van der Waals surface area contributed by atoms with Gasteiger partial charge < -0.3 is 11.1 Å². The van der Waals surface area contributed by atoms with Crippen LogP contribution >= 0.6 is 11.6 Å². The molecule has 0 bridgehead atoms.